The van der Waals surface area contributed by atoms with E-state index in [2.05, 4.69) is 10.9 Å². The smallest absolute Gasteiger partial charge is 0.269 e. The fourth-order valence-corrected chi connectivity index (χ4v) is 3.24. The van der Waals surface area contributed by atoms with Gasteiger partial charge >= 0.3 is 0 Å². The third-order valence-electron chi connectivity index (χ3n) is 4.04. The second-order valence-electron chi connectivity index (χ2n) is 6.39. The highest BCUT2D eigenvalue weighted by Crippen LogP contribution is 2.22. The highest BCUT2D eigenvalue weighted by Gasteiger charge is 2.15. The highest BCUT2D eigenvalue weighted by atomic mass is 35.5. The Balaban J connectivity index is 1.81. The summed E-state index contributed by atoms with van der Waals surface area (Å²) in [6.45, 7) is 3.83. The summed E-state index contributed by atoms with van der Waals surface area (Å²) in [4.78, 5) is 23.9. The number of sulfonamides is 1. The Morgan fingerprint density at radius 2 is 1.79 bits per heavy atom. The number of amides is 2. The normalized spacial score (nSPS) is 11.0. The van der Waals surface area contributed by atoms with Crippen LogP contribution in [0.1, 0.15) is 34.3 Å². The third kappa shape index (κ3) is 6.74. The number of benzene rings is 2. The zero-order valence-electron chi connectivity index (χ0n) is 16.0. The molecule has 0 heterocycles. The lowest BCUT2D eigenvalue weighted by Gasteiger charge is -2.11. The molecule has 0 aliphatic carbocycles. The van der Waals surface area contributed by atoms with Gasteiger partial charge in [-0.2, -0.15) is 0 Å². The van der Waals surface area contributed by atoms with Gasteiger partial charge in [-0.1, -0.05) is 17.7 Å². The number of hydrazine groups is 1. The van der Waals surface area contributed by atoms with E-state index in [-0.39, 0.29) is 16.9 Å². The SMILES string of the molecule is Cc1cc(Cl)ccc1OCCCC(=O)NNC(=O)c1cc(S(N)(=O)=O)ccc1C. The fourth-order valence-electron chi connectivity index (χ4n) is 2.47. The molecule has 0 spiro atoms. The molecule has 0 bridgehead atoms. The van der Waals surface area contributed by atoms with E-state index in [1.54, 1.807) is 25.1 Å². The van der Waals surface area contributed by atoms with E-state index in [4.69, 9.17) is 21.5 Å². The number of carbonyl (C=O) groups excluding carboxylic acids is 2. The molecule has 156 valence electrons. The molecule has 0 unspecified atom stereocenters. The van der Waals surface area contributed by atoms with Gasteiger partial charge in [0, 0.05) is 17.0 Å². The Bertz CT molecular complexity index is 1020. The molecule has 0 aliphatic rings. The van der Waals surface area contributed by atoms with Gasteiger partial charge in [0.2, 0.25) is 15.9 Å². The maximum Gasteiger partial charge on any atom is 0.269 e. The lowest BCUT2D eigenvalue weighted by Crippen LogP contribution is -2.42. The third-order valence-corrected chi connectivity index (χ3v) is 5.19. The predicted octanol–water partition coefficient (Wildman–Crippen LogP) is 2.22. The van der Waals surface area contributed by atoms with Crippen molar-refractivity contribution in [1.29, 1.82) is 0 Å². The van der Waals surface area contributed by atoms with E-state index in [0.717, 1.165) is 11.6 Å². The molecule has 2 aromatic carbocycles. The fraction of sp³-hybridized carbons (Fsp3) is 0.263. The number of halogens is 1. The molecular weight excluding hydrogens is 418 g/mol. The number of nitrogens with one attached hydrogen (secondary N) is 2. The van der Waals surface area contributed by atoms with Crippen LogP contribution in [-0.4, -0.2) is 26.8 Å². The van der Waals surface area contributed by atoms with Crippen molar-refractivity contribution >= 4 is 33.4 Å². The zero-order chi connectivity index (χ0) is 21.6. The molecule has 4 N–H and O–H groups in total. The van der Waals surface area contributed by atoms with Crippen LogP contribution in [-0.2, 0) is 14.8 Å². The predicted molar refractivity (Wildman–Crippen MR) is 109 cm³/mol. The molecular formula is C19H22ClN3O5S. The number of carbonyl (C=O) groups is 2. The topological polar surface area (TPSA) is 128 Å². The van der Waals surface area contributed by atoms with E-state index in [9.17, 15) is 18.0 Å². The lowest BCUT2D eigenvalue weighted by atomic mass is 10.1. The molecule has 0 aliphatic heterocycles. The average molecular weight is 440 g/mol. The van der Waals surface area contributed by atoms with E-state index in [0.29, 0.717) is 29.4 Å². The summed E-state index contributed by atoms with van der Waals surface area (Å²) < 4.78 is 28.5. The minimum absolute atomic E-state index is 0.0957. The molecule has 10 heteroatoms. The number of rotatable bonds is 7. The second-order valence-corrected chi connectivity index (χ2v) is 8.38. The van der Waals surface area contributed by atoms with Crippen LogP contribution in [0, 0.1) is 13.8 Å². The van der Waals surface area contributed by atoms with Gasteiger partial charge in [0.05, 0.1) is 11.5 Å². The Labute approximate surface area is 174 Å². The summed E-state index contributed by atoms with van der Waals surface area (Å²) in [6, 6.07) is 9.20. The summed E-state index contributed by atoms with van der Waals surface area (Å²) >= 11 is 5.89. The summed E-state index contributed by atoms with van der Waals surface area (Å²) in [6.07, 6.45) is 0.562. The summed E-state index contributed by atoms with van der Waals surface area (Å²) in [7, 11) is -3.94. The van der Waals surface area contributed by atoms with Gasteiger partial charge in [0.15, 0.2) is 0 Å². The van der Waals surface area contributed by atoms with Gasteiger partial charge in [0.25, 0.3) is 5.91 Å². The van der Waals surface area contributed by atoms with Crippen molar-refractivity contribution in [2.24, 2.45) is 5.14 Å². The first-order valence-electron chi connectivity index (χ1n) is 8.69. The van der Waals surface area contributed by atoms with Crippen LogP contribution in [0.15, 0.2) is 41.3 Å². The first-order chi connectivity index (χ1) is 13.6. The molecule has 2 rings (SSSR count). The minimum Gasteiger partial charge on any atom is -0.493 e. The first kappa shape index (κ1) is 22.7. The van der Waals surface area contributed by atoms with Gasteiger partial charge in [-0.25, -0.2) is 13.6 Å². The lowest BCUT2D eigenvalue weighted by molar-refractivity contribution is -0.122. The molecule has 2 aromatic rings. The van der Waals surface area contributed by atoms with Gasteiger partial charge in [-0.05, 0) is 61.7 Å². The number of hydrogen-bond donors (Lipinski definition) is 3. The molecule has 0 atom stereocenters. The van der Waals surface area contributed by atoms with Gasteiger partial charge in [0.1, 0.15) is 5.75 Å². The quantitative estimate of drug-likeness (QED) is 0.450. The monoisotopic (exact) mass is 439 g/mol. The van der Waals surface area contributed by atoms with Crippen LogP contribution in [0.2, 0.25) is 5.02 Å². The summed E-state index contributed by atoms with van der Waals surface area (Å²) in [5.41, 5.74) is 6.08. The van der Waals surface area contributed by atoms with Crippen LogP contribution in [0.5, 0.6) is 5.75 Å². The van der Waals surface area contributed by atoms with Crippen molar-refractivity contribution in [3.8, 4) is 5.75 Å². The van der Waals surface area contributed by atoms with Crippen molar-refractivity contribution in [3.63, 3.8) is 0 Å². The zero-order valence-corrected chi connectivity index (χ0v) is 17.6. The Morgan fingerprint density at radius 1 is 1.07 bits per heavy atom. The van der Waals surface area contributed by atoms with E-state index in [1.165, 1.54) is 12.1 Å². The summed E-state index contributed by atoms with van der Waals surface area (Å²) in [5.74, 6) is -0.363. The molecule has 0 radical (unpaired) electrons. The van der Waals surface area contributed by atoms with Crippen LogP contribution in [0.3, 0.4) is 0 Å². The molecule has 0 aromatic heterocycles. The molecule has 0 fully saturated rings. The van der Waals surface area contributed by atoms with Gasteiger partial charge in [-0.3, -0.25) is 20.4 Å². The summed E-state index contributed by atoms with van der Waals surface area (Å²) in [5, 5.41) is 5.70. The molecule has 8 nitrogen and oxygen atoms in total. The van der Waals surface area contributed by atoms with Crippen molar-refractivity contribution in [2.75, 3.05) is 6.61 Å². The van der Waals surface area contributed by atoms with Crippen LogP contribution in [0.25, 0.3) is 0 Å². The van der Waals surface area contributed by atoms with Crippen molar-refractivity contribution in [3.05, 3.63) is 58.1 Å². The van der Waals surface area contributed by atoms with Gasteiger partial charge < -0.3 is 4.74 Å². The number of aryl methyl sites for hydroxylation is 2. The average Bonchev–Trinajstić information content (AvgIpc) is 2.64. The maximum absolute atomic E-state index is 12.2. The minimum atomic E-state index is -3.94. The van der Waals surface area contributed by atoms with E-state index in [1.807, 2.05) is 6.92 Å². The Kier molecular flexibility index (Phi) is 7.60. The van der Waals surface area contributed by atoms with Crippen LogP contribution < -0.4 is 20.7 Å². The molecule has 29 heavy (non-hydrogen) atoms. The largest absolute Gasteiger partial charge is 0.493 e. The molecule has 0 saturated heterocycles. The number of hydrogen-bond acceptors (Lipinski definition) is 5. The first-order valence-corrected chi connectivity index (χ1v) is 10.6. The highest BCUT2D eigenvalue weighted by molar-refractivity contribution is 7.89. The van der Waals surface area contributed by atoms with Crippen LogP contribution >= 0.6 is 11.6 Å². The second kappa shape index (κ2) is 9.73. The van der Waals surface area contributed by atoms with E-state index >= 15 is 0 Å². The Hall–Kier alpha value is -2.62. The van der Waals surface area contributed by atoms with Crippen molar-refractivity contribution in [2.45, 2.75) is 31.6 Å². The number of nitrogens with two attached hydrogens (primary N) is 1. The van der Waals surface area contributed by atoms with Crippen molar-refractivity contribution < 1.29 is 22.7 Å². The standard InChI is InChI=1S/C19H22ClN3O5S/c1-12-5-7-15(29(21,26)27)11-16(12)19(25)23-22-18(24)4-3-9-28-17-8-6-14(20)10-13(17)2/h5-8,10-11H,3-4,9H2,1-2H3,(H,22,24)(H,23,25)(H2,21,26,27). The Morgan fingerprint density at radius 3 is 2.45 bits per heavy atom. The maximum atomic E-state index is 12.2. The number of primary sulfonamides is 1. The number of ether oxygens (including phenoxy) is 1. The van der Waals surface area contributed by atoms with Crippen LogP contribution in [0.4, 0.5) is 0 Å². The molecule has 2 amide bonds. The molecule has 0 saturated carbocycles. The van der Waals surface area contributed by atoms with E-state index < -0.39 is 21.8 Å². The van der Waals surface area contributed by atoms with Crippen molar-refractivity contribution in [1.82, 2.24) is 10.9 Å². The van der Waals surface area contributed by atoms with Gasteiger partial charge in [-0.15, -0.1) is 0 Å².